The van der Waals surface area contributed by atoms with Crippen LogP contribution < -0.4 is 5.32 Å². The molecule has 98 valence electrons. The molecule has 5 heteroatoms. The van der Waals surface area contributed by atoms with Gasteiger partial charge in [-0.2, -0.15) is 0 Å². The van der Waals surface area contributed by atoms with Gasteiger partial charge >= 0.3 is 0 Å². The fraction of sp³-hybridized carbons (Fsp3) is 0.692. The molecular formula is C13H18BrN3O. The minimum atomic E-state index is 0.379. The molecule has 2 atom stereocenters. The van der Waals surface area contributed by atoms with Crippen LogP contribution in [0, 0.1) is 5.92 Å². The number of nitrogens with zero attached hydrogens (tertiary/aromatic N) is 2. The summed E-state index contributed by atoms with van der Waals surface area (Å²) < 4.78 is 6.68. The van der Waals surface area contributed by atoms with Crippen molar-refractivity contribution in [2.75, 3.05) is 11.9 Å². The molecule has 2 aliphatic rings. The Bertz CT molecular complexity index is 436. The number of aryl methyl sites for hydroxylation is 1. The molecule has 2 heterocycles. The Hall–Kier alpha value is -0.680. The second-order valence-electron chi connectivity index (χ2n) is 5.06. The fourth-order valence-corrected chi connectivity index (χ4v) is 2.96. The van der Waals surface area contributed by atoms with Gasteiger partial charge in [-0.3, -0.25) is 0 Å². The van der Waals surface area contributed by atoms with E-state index in [0.717, 1.165) is 41.6 Å². The van der Waals surface area contributed by atoms with E-state index in [-0.39, 0.29) is 0 Å². The molecule has 1 aromatic heterocycles. The number of halogens is 1. The van der Waals surface area contributed by atoms with E-state index in [4.69, 9.17) is 4.74 Å². The molecule has 3 rings (SSSR count). The summed E-state index contributed by atoms with van der Waals surface area (Å²) in [4.78, 5) is 8.85. The molecule has 0 aromatic carbocycles. The molecular weight excluding hydrogens is 294 g/mol. The van der Waals surface area contributed by atoms with Gasteiger partial charge in [-0.15, -0.1) is 0 Å². The third-order valence-electron chi connectivity index (χ3n) is 3.61. The monoisotopic (exact) mass is 311 g/mol. The number of hydrogen-bond acceptors (Lipinski definition) is 4. The van der Waals surface area contributed by atoms with E-state index in [1.54, 1.807) is 0 Å². The summed E-state index contributed by atoms with van der Waals surface area (Å²) in [6.45, 7) is 2.93. The van der Waals surface area contributed by atoms with E-state index in [2.05, 4.69) is 38.1 Å². The van der Waals surface area contributed by atoms with Crippen LogP contribution in [0.3, 0.4) is 0 Å². The van der Waals surface area contributed by atoms with Crippen molar-refractivity contribution in [2.45, 2.75) is 44.8 Å². The van der Waals surface area contributed by atoms with Gasteiger partial charge in [0.15, 0.2) is 0 Å². The van der Waals surface area contributed by atoms with Gasteiger partial charge < -0.3 is 10.1 Å². The zero-order valence-electron chi connectivity index (χ0n) is 10.5. The predicted octanol–water partition coefficient (Wildman–Crippen LogP) is 2.78. The molecule has 0 spiro atoms. The third kappa shape index (κ3) is 2.67. The first-order valence-corrected chi connectivity index (χ1v) is 7.47. The Morgan fingerprint density at radius 2 is 2.22 bits per heavy atom. The Kier molecular flexibility index (Phi) is 3.52. The summed E-state index contributed by atoms with van der Waals surface area (Å²) in [5, 5.41) is 3.52. The van der Waals surface area contributed by atoms with Crippen molar-refractivity contribution in [1.29, 1.82) is 0 Å². The van der Waals surface area contributed by atoms with Crippen LogP contribution in [-0.4, -0.2) is 28.7 Å². The number of rotatable bonds is 4. The van der Waals surface area contributed by atoms with Crippen molar-refractivity contribution in [3.05, 3.63) is 16.5 Å². The number of aromatic nitrogens is 2. The largest absolute Gasteiger partial charge is 0.376 e. The van der Waals surface area contributed by atoms with Crippen LogP contribution in [0.15, 0.2) is 10.7 Å². The molecule has 1 aliphatic heterocycles. The highest BCUT2D eigenvalue weighted by atomic mass is 79.9. The van der Waals surface area contributed by atoms with Gasteiger partial charge in [0.2, 0.25) is 0 Å². The second kappa shape index (κ2) is 5.13. The first kappa shape index (κ1) is 12.4. The maximum Gasteiger partial charge on any atom is 0.131 e. The number of nitrogens with one attached hydrogen (secondary N) is 1. The highest BCUT2D eigenvalue weighted by Gasteiger charge is 2.40. The Morgan fingerprint density at radius 3 is 2.94 bits per heavy atom. The summed E-state index contributed by atoms with van der Waals surface area (Å²) in [6, 6.07) is 2.35. The van der Waals surface area contributed by atoms with Gasteiger partial charge in [-0.1, -0.05) is 6.92 Å². The highest BCUT2D eigenvalue weighted by Crippen LogP contribution is 2.39. The van der Waals surface area contributed by atoms with Crippen molar-refractivity contribution >= 4 is 21.7 Å². The maximum absolute atomic E-state index is 5.83. The molecule has 0 amide bonds. The topological polar surface area (TPSA) is 47.0 Å². The smallest absolute Gasteiger partial charge is 0.131 e. The zero-order chi connectivity index (χ0) is 12.5. The number of ether oxygens (including phenoxy) is 1. The summed E-state index contributed by atoms with van der Waals surface area (Å²) in [7, 11) is 0. The van der Waals surface area contributed by atoms with Crippen LogP contribution in [0.4, 0.5) is 5.82 Å². The van der Waals surface area contributed by atoms with E-state index in [9.17, 15) is 0 Å². The maximum atomic E-state index is 5.83. The SMILES string of the molecule is CCc1nc(Br)cc(NC2CCOC2C2CC2)n1. The summed E-state index contributed by atoms with van der Waals surface area (Å²) in [5.74, 6) is 2.55. The number of hydrogen-bond donors (Lipinski definition) is 1. The Labute approximate surface area is 116 Å². The lowest BCUT2D eigenvalue weighted by Crippen LogP contribution is -2.31. The van der Waals surface area contributed by atoms with Crippen LogP contribution >= 0.6 is 15.9 Å². The van der Waals surface area contributed by atoms with Crippen LogP contribution in [0.5, 0.6) is 0 Å². The quantitative estimate of drug-likeness (QED) is 0.869. The van der Waals surface area contributed by atoms with Gasteiger partial charge in [-0.05, 0) is 41.1 Å². The van der Waals surface area contributed by atoms with Gasteiger partial charge in [0.1, 0.15) is 16.2 Å². The minimum absolute atomic E-state index is 0.379. The minimum Gasteiger partial charge on any atom is -0.376 e. The molecule has 1 saturated heterocycles. The summed E-state index contributed by atoms with van der Waals surface area (Å²) >= 11 is 3.44. The lowest BCUT2D eigenvalue weighted by Gasteiger charge is -2.20. The lowest BCUT2D eigenvalue weighted by molar-refractivity contribution is 0.0898. The Balaban J connectivity index is 1.73. The van der Waals surface area contributed by atoms with Crippen molar-refractivity contribution in [3.63, 3.8) is 0 Å². The third-order valence-corrected chi connectivity index (χ3v) is 4.02. The average Bonchev–Trinajstić information content (AvgIpc) is 3.10. The average molecular weight is 312 g/mol. The van der Waals surface area contributed by atoms with E-state index in [1.807, 2.05) is 6.07 Å². The molecule has 4 nitrogen and oxygen atoms in total. The molecule has 0 radical (unpaired) electrons. The zero-order valence-corrected chi connectivity index (χ0v) is 12.1. The van der Waals surface area contributed by atoms with Crippen molar-refractivity contribution < 1.29 is 4.74 Å². The normalized spacial score (nSPS) is 27.4. The summed E-state index contributed by atoms with van der Waals surface area (Å²) in [5.41, 5.74) is 0. The highest BCUT2D eigenvalue weighted by molar-refractivity contribution is 9.10. The lowest BCUT2D eigenvalue weighted by atomic mass is 10.1. The van der Waals surface area contributed by atoms with Crippen molar-refractivity contribution in [1.82, 2.24) is 9.97 Å². The standard InChI is InChI=1S/C13H18BrN3O/c1-2-11-16-10(14)7-12(17-11)15-9-5-6-18-13(9)8-3-4-8/h7-9,13H,2-6H2,1H3,(H,15,16,17). The molecule has 1 aromatic rings. The van der Waals surface area contributed by atoms with E-state index >= 15 is 0 Å². The predicted molar refractivity (Wildman–Crippen MR) is 73.6 cm³/mol. The van der Waals surface area contributed by atoms with Crippen LogP contribution in [0.25, 0.3) is 0 Å². The molecule has 1 N–H and O–H groups in total. The van der Waals surface area contributed by atoms with E-state index in [0.29, 0.717) is 12.1 Å². The van der Waals surface area contributed by atoms with Gasteiger partial charge in [0.05, 0.1) is 12.1 Å². The molecule has 1 aliphatic carbocycles. The van der Waals surface area contributed by atoms with Gasteiger partial charge in [0.25, 0.3) is 0 Å². The molecule has 0 bridgehead atoms. The van der Waals surface area contributed by atoms with Gasteiger partial charge in [-0.25, -0.2) is 9.97 Å². The Morgan fingerprint density at radius 1 is 1.39 bits per heavy atom. The van der Waals surface area contributed by atoms with Crippen molar-refractivity contribution in [3.8, 4) is 0 Å². The van der Waals surface area contributed by atoms with Crippen LogP contribution in [-0.2, 0) is 11.2 Å². The molecule has 2 unspecified atom stereocenters. The van der Waals surface area contributed by atoms with E-state index in [1.165, 1.54) is 12.8 Å². The van der Waals surface area contributed by atoms with Crippen LogP contribution in [0.2, 0.25) is 0 Å². The summed E-state index contributed by atoms with van der Waals surface area (Å²) in [6.07, 6.45) is 4.93. The molecule has 1 saturated carbocycles. The number of anilines is 1. The first-order chi connectivity index (χ1) is 8.76. The molecule has 2 fully saturated rings. The van der Waals surface area contributed by atoms with Gasteiger partial charge in [0, 0.05) is 19.1 Å². The molecule has 18 heavy (non-hydrogen) atoms. The van der Waals surface area contributed by atoms with Crippen LogP contribution in [0.1, 0.15) is 32.0 Å². The fourth-order valence-electron chi connectivity index (χ4n) is 2.54. The second-order valence-corrected chi connectivity index (χ2v) is 5.87. The first-order valence-electron chi connectivity index (χ1n) is 6.68. The van der Waals surface area contributed by atoms with E-state index < -0.39 is 0 Å². The van der Waals surface area contributed by atoms with Crippen molar-refractivity contribution in [2.24, 2.45) is 5.92 Å².